The zero-order chi connectivity index (χ0) is 19.7. The van der Waals surface area contributed by atoms with Gasteiger partial charge in [-0.05, 0) is 72.6 Å². The van der Waals surface area contributed by atoms with Crippen LogP contribution in [0, 0.1) is 23.6 Å². The molecule has 3 atom stereocenters. The van der Waals surface area contributed by atoms with Crippen LogP contribution in [0.4, 0.5) is 9.18 Å². The Labute approximate surface area is 167 Å². The van der Waals surface area contributed by atoms with E-state index in [0.29, 0.717) is 28.7 Å². The van der Waals surface area contributed by atoms with E-state index in [9.17, 15) is 18.8 Å². The number of imide groups is 1. The highest BCUT2D eigenvalue weighted by Gasteiger charge is 2.40. The fourth-order valence-corrected chi connectivity index (χ4v) is 5.51. The molecule has 1 aromatic carbocycles. The molecule has 148 valence electrons. The fourth-order valence-electron chi connectivity index (χ4n) is 4.65. The van der Waals surface area contributed by atoms with Crippen LogP contribution in [-0.4, -0.2) is 35.0 Å². The topological polar surface area (TPSA) is 66.5 Å². The van der Waals surface area contributed by atoms with Crippen LogP contribution in [-0.2, 0) is 9.59 Å². The number of fused-ring (bicyclic) bond motifs is 2. The second kappa shape index (κ2) is 8.07. The normalized spacial score (nSPS) is 27.8. The lowest BCUT2D eigenvalue weighted by Crippen LogP contribution is -2.38. The van der Waals surface area contributed by atoms with Gasteiger partial charge in [0.2, 0.25) is 5.91 Å². The van der Waals surface area contributed by atoms with Crippen LogP contribution in [0.5, 0.6) is 0 Å². The molecule has 1 saturated heterocycles. The molecule has 2 bridgehead atoms. The molecule has 2 saturated carbocycles. The highest BCUT2D eigenvalue weighted by molar-refractivity contribution is 8.18. The van der Waals surface area contributed by atoms with Crippen molar-refractivity contribution in [2.24, 2.45) is 17.8 Å². The first-order chi connectivity index (χ1) is 13.5. The van der Waals surface area contributed by atoms with Gasteiger partial charge in [0.1, 0.15) is 5.82 Å². The van der Waals surface area contributed by atoms with E-state index in [1.807, 2.05) is 0 Å². The number of carbonyl (C=O) groups is 3. The van der Waals surface area contributed by atoms with Gasteiger partial charge in [-0.3, -0.25) is 19.3 Å². The molecular formula is C21H23FN2O3S. The first kappa shape index (κ1) is 19.2. The van der Waals surface area contributed by atoms with E-state index in [1.165, 1.54) is 31.4 Å². The molecule has 1 N–H and O–H groups in total. The molecule has 4 rings (SSSR count). The van der Waals surface area contributed by atoms with Gasteiger partial charge in [-0.1, -0.05) is 18.6 Å². The predicted molar refractivity (Wildman–Crippen MR) is 106 cm³/mol. The van der Waals surface area contributed by atoms with Crippen LogP contribution >= 0.6 is 11.8 Å². The van der Waals surface area contributed by atoms with Gasteiger partial charge >= 0.3 is 0 Å². The van der Waals surface area contributed by atoms with Gasteiger partial charge in [0.25, 0.3) is 11.1 Å². The number of benzene rings is 1. The summed E-state index contributed by atoms with van der Waals surface area (Å²) in [5, 5.41) is 2.51. The van der Waals surface area contributed by atoms with Crippen molar-refractivity contribution >= 4 is 34.9 Å². The van der Waals surface area contributed by atoms with E-state index in [1.54, 1.807) is 18.2 Å². The van der Waals surface area contributed by atoms with Crippen molar-refractivity contribution < 1.29 is 18.8 Å². The molecule has 0 radical (unpaired) electrons. The Kier molecular flexibility index (Phi) is 5.53. The number of nitrogens with one attached hydrogen (secondary N) is 1. The lowest BCUT2D eigenvalue weighted by Gasteiger charge is -2.21. The van der Waals surface area contributed by atoms with Gasteiger partial charge < -0.3 is 5.32 Å². The summed E-state index contributed by atoms with van der Waals surface area (Å²) in [6.07, 6.45) is 7.13. The van der Waals surface area contributed by atoms with Crippen LogP contribution in [0.15, 0.2) is 29.2 Å². The molecule has 0 spiro atoms. The van der Waals surface area contributed by atoms with E-state index in [0.717, 1.165) is 29.0 Å². The first-order valence-electron chi connectivity index (χ1n) is 9.77. The Morgan fingerprint density at radius 3 is 2.68 bits per heavy atom. The highest BCUT2D eigenvalue weighted by Crippen LogP contribution is 2.49. The smallest absolute Gasteiger partial charge is 0.293 e. The standard InChI is InChI=1S/C21H23FN2O3S/c22-17-5-2-13(3-6-17)11-18-20(26)24(21(27)28-18)8-7-23-19(25)12-16-10-14-1-4-15(16)9-14/h2-3,5-6,11,14-16H,1,4,7-10,12H2,(H,23,25)/b18-11+. The SMILES string of the molecule is O=C(CC1CC2CCC1C2)NCCN1C(=O)S/C(=C/c2ccc(F)cc2)C1=O. The third-order valence-corrected chi connectivity index (χ3v) is 6.94. The maximum atomic E-state index is 13.0. The number of amides is 3. The number of hydrogen-bond acceptors (Lipinski definition) is 4. The average molecular weight is 402 g/mol. The van der Waals surface area contributed by atoms with E-state index in [4.69, 9.17) is 0 Å². The Bertz CT molecular complexity index is 823. The van der Waals surface area contributed by atoms with Crippen molar-refractivity contribution in [1.82, 2.24) is 10.2 Å². The molecule has 0 aromatic heterocycles. The van der Waals surface area contributed by atoms with Crippen molar-refractivity contribution in [3.8, 4) is 0 Å². The van der Waals surface area contributed by atoms with Crippen molar-refractivity contribution in [2.75, 3.05) is 13.1 Å². The first-order valence-corrected chi connectivity index (χ1v) is 10.6. The third-order valence-electron chi connectivity index (χ3n) is 6.03. The number of halogens is 1. The van der Waals surface area contributed by atoms with Gasteiger partial charge in [-0.2, -0.15) is 0 Å². The Hall–Kier alpha value is -2.15. The minimum atomic E-state index is -0.373. The lowest BCUT2D eigenvalue weighted by molar-refractivity contribution is -0.124. The molecule has 1 heterocycles. The van der Waals surface area contributed by atoms with Crippen LogP contribution in [0.1, 0.15) is 37.7 Å². The summed E-state index contributed by atoms with van der Waals surface area (Å²) in [7, 11) is 0. The van der Waals surface area contributed by atoms with E-state index < -0.39 is 0 Å². The number of carbonyl (C=O) groups excluding carboxylic acids is 3. The zero-order valence-electron chi connectivity index (χ0n) is 15.5. The monoisotopic (exact) mass is 402 g/mol. The molecule has 3 amide bonds. The second-order valence-electron chi connectivity index (χ2n) is 7.87. The van der Waals surface area contributed by atoms with Gasteiger partial charge in [-0.15, -0.1) is 0 Å². The van der Waals surface area contributed by atoms with Gasteiger partial charge in [0, 0.05) is 19.5 Å². The van der Waals surface area contributed by atoms with Crippen LogP contribution in [0.2, 0.25) is 0 Å². The molecule has 1 aliphatic heterocycles. The van der Waals surface area contributed by atoms with Crippen LogP contribution < -0.4 is 5.32 Å². The molecule has 7 heteroatoms. The molecule has 3 unspecified atom stereocenters. The maximum Gasteiger partial charge on any atom is 0.293 e. The molecule has 5 nitrogen and oxygen atoms in total. The number of thioether (sulfide) groups is 1. The summed E-state index contributed by atoms with van der Waals surface area (Å²) in [5.74, 6) is 1.29. The van der Waals surface area contributed by atoms with Crippen LogP contribution in [0.3, 0.4) is 0 Å². The number of nitrogens with zero attached hydrogens (tertiary/aromatic N) is 1. The average Bonchev–Trinajstić information content (AvgIpc) is 3.35. The summed E-state index contributed by atoms with van der Waals surface area (Å²) in [6, 6.07) is 5.72. The Morgan fingerprint density at radius 1 is 1.21 bits per heavy atom. The fraction of sp³-hybridized carbons (Fsp3) is 0.476. The Morgan fingerprint density at radius 2 is 2.00 bits per heavy atom. The Balaban J connectivity index is 1.26. The van der Waals surface area contributed by atoms with Crippen LogP contribution in [0.25, 0.3) is 6.08 Å². The quantitative estimate of drug-likeness (QED) is 0.735. The second-order valence-corrected chi connectivity index (χ2v) is 8.87. The summed E-state index contributed by atoms with van der Waals surface area (Å²) >= 11 is 0.866. The van der Waals surface area contributed by atoms with Crippen molar-refractivity contribution in [1.29, 1.82) is 0 Å². The maximum absolute atomic E-state index is 13.0. The summed E-state index contributed by atoms with van der Waals surface area (Å²) in [5.41, 5.74) is 0.658. The van der Waals surface area contributed by atoms with Crippen molar-refractivity contribution in [3.63, 3.8) is 0 Å². The molecule has 28 heavy (non-hydrogen) atoms. The summed E-state index contributed by atoms with van der Waals surface area (Å²) in [6.45, 7) is 0.426. The van der Waals surface area contributed by atoms with Crippen molar-refractivity contribution in [3.05, 3.63) is 40.6 Å². The van der Waals surface area contributed by atoms with E-state index in [2.05, 4.69) is 5.32 Å². The van der Waals surface area contributed by atoms with Gasteiger partial charge in [0.15, 0.2) is 0 Å². The molecule has 3 aliphatic rings. The van der Waals surface area contributed by atoms with Crippen molar-refractivity contribution in [2.45, 2.75) is 32.1 Å². The summed E-state index contributed by atoms with van der Waals surface area (Å²) < 4.78 is 13.0. The molecule has 2 aliphatic carbocycles. The van der Waals surface area contributed by atoms with Gasteiger partial charge in [0.05, 0.1) is 4.91 Å². The molecule has 1 aromatic rings. The lowest BCUT2D eigenvalue weighted by atomic mass is 9.86. The number of hydrogen-bond donors (Lipinski definition) is 1. The van der Waals surface area contributed by atoms with E-state index >= 15 is 0 Å². The highest BCUT2D eigenvalue weighted by atomic mass is 32.2. The minimum Gasteiger partial charge on any atom is -0.354 e. The predicted octanol–water partition coefficient (Wildman–Crippen LogP) is 3.80. The zero-order valence-corrected chi connectivity index (χ0v) is 16.3. The molecular weight excluding hydrogens is 379 g/mol. The third kappa shape index (κ3) is 4.14. The number of rotatable bonds is 6. The van der Waals surface area contributed by atoms with Gasteiger partial charge in [-0.25, -0.2) is 4.39 Å². The summed E-state index contributed by atoms with van der Waals surface area (Å²) in [4.78, 5) is 38.3. The minimum absolute atomic E-state index is 0.00590. The van der Waals surface area contributed by atoms with E-state index in [-0.39, 0.29) is 36.0 Å². The largest absolute Gasteiger partial charge is 0.354 e. The molecule has 3 fully saturated rings.